The third kappa shape index (κ3) is 2.45. The van der Waals surface area contributed by atoms with E-state index >= 15 is 0 Å². The summed E-state index contributed by atoms with van der Waals surface area (Å²) in [6, 6.07) is 0. The summed E-state index contributed by atoms with van der Waals surface area (Å²) >= 11 is 0. The average Bonchev–Trinajstić information content (AvgIpc) is 2.07. The molecule has 2 heteroatoms. The van der Waals surface area contributed by atoms with Gasteiger partial charge in [-0.15, -0.1) is 0 Å². The second-order valence-electron chi connectivity index (χ2n) is 3.84. The summed E-state index contributed by atoms with van der Waals surface area (Å²) in [6.45, 7) is 1.96. The summed E-state index contributed by atoms with van der Waals surface area (Å²) in [6.07, 6.45) is 7.75. The van der Waals surface area contributed by atoms with Gasteiger partial charge in [0.2, 0.25) is 0 Å². The van der Waals surface area contributed by atoms with Crippen molar-refractivity contribution in [1.82, 2.24) is 0 Å². The standard InChI is InChI=1S/C10H16O2/c1-10(8-11)6-3-2-4-9(12)5-7-10/h2,4,8-9,12H,3,5-7H2,1H3/b4-2-. The summed E-state index contributed by atoms with van der Waals surface area (Å²) in [7, 11) is 0. The van der Waals surface area contributed by atoms with Crippen molar-refractivity contribution in [2.24, 2.45) is 5.41 Å². The van der Waals surface area contributed by atoms with Gasteiger partial charge in [0.25, 0.3) is 0 Å². The molecule has 0 saturated heterocycles. The van der Waals surface area contributed by atoms with E-state index in [1.165, 1.54) is 0 Å². The highest BCUT2D eigenvalue weighted by Gasteiger charge is 2.24. The van der Waals surface area contributed by atoms with Crippen molar-refractivity contribution in [3.63, 3.8) is 0 Å². The van der Waals surface area contributed by atoms with Gasteiger partial charge in [-0.25, -0.2) is 0 Å². The number of aliphatic hydroxyl groups excluding tert-OH is 1. The van der Waals surface area contributed by atoms with Gasteiger partial charge in [0.1, 0.15) is 6.29 Å². The highest BCUT2D eigenvalue weighted by Crippen LogP contribution is 2.29. The Hall–Kier alpha value is -0.630. The van der Waals surface area contributed by atoms with Crippen LogP contribution in [-0.2, 0) is 4.79 Å². The largest absolute Gasteiger partial charge is 0.389 e. The van der Waals surface area contributed by atoms with Gasteiger partial charge in [-0.05, 0) is 25.7 Å². The number of hydrogen-bond donors (Lipinski definition) is 1. The molecule has 0 aromatic carbocycles. The summed E-state index contributed by atoms with van der Waals surface area (Å²) in [5, 5.41) is 9.34. The smallest absolute Gasteiger partial charge is 0.125 e. The van der Waals surface area contributed by atoms with E-state index in [-0.39, 0.29) is 11.5 Å². The third-order valence-corrected chi connectivity index (χ3v) is 2.54. The molecule has 0 aromatic rings. The first-order valence-electron chi connectivity index (χ1n) is 4.47. The Bertz CT molecular complexity index is 186. The molecule has 2 atom stereocenters. The Morgan fingerprint density at radius 2 is 2.33 bits per heavy atom. The number of aldehydes is 1. The fourth-order valence-electron chi connectivity index (χ4n) is 1.48. The molecule has 1 aliphatic rings. The molecule has 0 saturated carbocycles. The molecule has 12 heavy (non-hydrogen) atoms. The van der Waals surface area contributed by atoms with Crippen LogP contribution in [-0.4, -0.2) is 17.5 Å². The van der Waals surface area contributed by atoms with Crippen molar-refractivity contribution >= 4 is 6.29 Å². The molecule has 2 nitrogen and oxygen atoms in total. The summed E-state index contributed by atoms with van der Waals surface area (Å²) in [5.41, 5.74) is -0.217. The van der Waals surface area contributed by atoms with E-state index in [1.54, 1.807) is 0 Å². The zero-order chi connectivity index (χ0) is 9.03. The van der Waals surface area contributed by atoms with E-state index in [0.29, 0.717) is 6.42 Å². The van der Waals surface area contributed by atoms with Gasteiger partial charge in [-0.3, -0.25) is 0 Å². The molecule has 0 spiro atoms. The number of carbonyl (C=O) groups is 1. The maximum Gasteiger partial charge on any atom is 0.125 e. The molecule has 1 rings (SSSR count). The van der Waals surface area contributed by atoms with Gasteiger partial charge in [0.05, 0.1) is 6.10 Å². The topological polar surface area (TPSA) is 37.3 Å². The SMILES string of the molecule is CC1(C=O)CC/C=C\C(O)CC1. The van der Waals surface area contributed by atoms with Gasteiger partial charge in [-0.2, -0.15) is 0 Å². The predicted molar refractivity (Wildman–Crippen MR) is 47.8 cm³/mol. The number of hydrogen-bond acceptors (Lipinski definition) is 2. The molecule has 1 aliphatic carbocycles. The van der Waals surface area contributed by atoms with Crippen LogP contribution >= 0.6 is 0 Å². The normalized spacial score (nSPS) is 39.7. The molecule has 2 unspecified atom stereocenters. The maximum atomic E-state index is 10.7. The number of aliphatic hydroxyl groups is 1. The Balaban J connectivity index is 2.60. The Morgan fingerprint density at radius 3 is 3.00 bits per heavy atom. The minimum atomic E-state index is -0.357. The lowest BCUT2D eigenvalue weighted by molar-refractivity contribution is -0.116. The number of carbonyl (C=O) groups excluding carboxylic acids is 1. The number of rotatable bonds is 1. The zero-order valence-corrected chi connectivity index (χ0v) is 7.49. The van der Waals surface area contributed by atoms with Crippen molar-refractivity contribution in [1.29, 1.82) is 0 Å². The van der Waals surface area contributed by atoms with Gasteiger partial charge in [0.15, 0.2) is 0 Å². The minimum Gasteiger partial charge on any atom is -0.389 e. The van der Waals surface area contributed by atoms with Gasteiger partial charge >= 0.3 is 0 Å². The third-order valence-electron chi connectivity index (χ3n) is 2.54. The van der Waals surface area contributed by atoms with Crippen LogP contribution in [0.2, 0.25) is 0 Å². The minimum absolute atomic E-state index is 0.217. The van der Waals surface area contributed by atoms with Crippen molar-refractivity contribution in [3.8, 4) is 0 Å². The first kappa shape index (κ1) is 9.46. The van der Waals surface area contributed by atoms with E-state index in [2.05, 4.69) is 0 Å². The fourth-order valence-corrected chi connectivity index (χ4v) is 1.48. The van der Waals surface area contributed by atoms with E-state index < -0.39 is 0 Å². The molecule has 0 amide bonds. The second-order valence-corrected chi connectivity index (χ2v) is 3.84. The maximum absolute atomic E-state index is 10.7. The first-order chi connectivity index (χ1) is 5.66. The molecule has 0 aromatic heterocycles. The van der Waals surface area contributed by atoms with Crippen LogP contribution in [0.4, 0.5) is 0 Å². The van der Waals surface area contributed by atoms with Crippen molar-refractivity contribution in [2.75, 3.05) is 0 Å². The van der Waals surface area contributed by atoms with Crippen LogP contribution in [0.5, 0.6) is 0 Å². The molecular weight excluding hydrogens is 152 g/mol. The lowest BCUT2D eigenvalue weighted by Gasteiger charge is -2.24. The Morgan fingerprint density at radius 1 is 1.58 bits per heavy atom. The molecule has 0 radical (unpaired) electrons. The Kier molecular flexibility index (Phi) is 3.04. The molecule has 0 heterocycles. The fraction of sp³-hybridized carbons (Fsp3) is 0.700. The highest BCUT2D eigenvalue weighted by molar-refractivity contribution is 5.58. The highest BCUT2D eigenvalue weighted by atomic mass is 16.3. The summed E-state index contributed by atoms with van der Waals surface area (Å²) in [4.78, 5) is 10.7. The predicted octanol–water partition coefficient (Wildman–Crippen LogP) is 1.68. The molecule has 0 aliphatic heterocycles. The molecule has 68 valence electrons. The van der Waals surface area contributed by atoms with E-state index in [1.807, 2.05) is 19.1 Å². The van der Waals surface area contributed by atoms with Gasteiger partial charge in [-0.1, -0.05) is 19.1 Å². The van der Waals surface area contributed by atoms with Crippen molar-refractivity contribution in [3.05, 3.63) is 12.2 Å². The van der Waals surface area contributed by atoms with Crippen LogP contribution < -0.4 is 0 Å². The van der Waals surface area contributed by atoms with Crippen LogP contribution in [0.15, 0.2) is 12.2 Å². The van der Waals surface area contributed by atoms with Crippen LogP contribution in [0.3, 0.4) is 0 Å². The Labute approximate surface area is 73.3 Å². The lowest BCUT2D eigenvalue weighted by Crippen LogP contribution is -2.21. The molecule has 0 fully saturated rings. The van der Waals surface area contributed by atoms with Crippen LogP contribution in [0, 0.1) is 5.41 Å². The van der Waals surface area contributed by atoms with Gasteiger partial charge < -0.3 is 9.90 Å². The summed E-state index contributed by atoms with van der Waals surface area (Å²) < 4.78 is 0. The molecule has 1 N–H and O–H groups in total. The van der Waals surface area contributed by atoms with Crippen molar-refractivity contribution < 1.29 is 9.90 Å². The first-order valence-corrected chi connectivity index (χ1v) is 4.47. The monoisotopic (exact) mass is 168 g/mol. The van der Waals surface area contributed by atoms with Gasteiger partial charge in [0, 0.05) is 5.41 Å². The van der Waals surface area contributed by atoms with E-state index in [0.717, 1.165) is 25.5 Å². The molecular formula is C10H16O2. The van der Waals surface area contributed by atoms with E-state index in [4.69, 9.17) is 0 Å². The second kappa shape index (κ2) is 3.85. The van der Waals surface area contributed by atoms with E-state index in [9.17, 15) is 9.90 Å². The van der Waals surface area contributed by atoms with Crippen LogP contribution in [0.1, 0.15) is 32.6 Å². The average molecular weight is 168 g/mol. The summed E-state index contributed by atoms with van der Waals surface area (Å²) in [5.74, 6) is 0. The molecule has 0 bridgehead atoms. The van der Waals surface area contributed by atoms with Crippen LogP contribution in [0.25, 0.3) is 0 Å². The quantitative estimate of drug-likeness (QED) is 0.478. The number of allylic oxidation sites excluding steroid dienone is 1. The van der Waals surface area contributed by atoms with Crippen molar-refractivity contribution in [2.45, 2.75) is 38.7 Å². The lowest BCUT2D eigenvalue weighted by atomic mass is 9.80. The zero-order valence-electron chi connectivity index (χ0n) is 7.49.